The maximum absolute atomic E-state index is 12.4. The molecule has 2 aromatic rings. The van der Waals surface area contributed by atoms with E-state index in [9.17, 15) is 8.42 Å². The van der Waals surface area contributed by atoms with E-state index in [2.05, 4.69) is 4.98 Å². The lowest BCUT2D eigenvalue weighted by Gasteiger charge is -2.17. The highest BCUT2D eigenvalue weighted by Crippen LogP contribution is 2.23. The molecule has 0 unspecified atom stereocenters. The van der Waals surface area contributed by atoms with E-state index >= 15 is 0 Å². The Bertz CT molecular complexity index is 680. The normalized spacial score (nSPS) is 11.9. The molecule has 0 bridgehead atoms. The summed E-state index contributed by atoms with van der Waals surface area (Å²) >= 11 is 1.54. The molecule has 0 aromatic carbocycles. The second kappa shape index (κ2) is 5.28. The van der Waals surface area contributed by atoms with Crippen molar-refractivity contribution in [3.05, 3.63) is 40.2 Å². The molecule has 102 valence electrons. The van der Waals surface area contributed by atoms with Gasteiger partial charge in [-0.05, 0) is 36.1 Å². The first-order chi connectivity index (χ1) is 8.93. The second-order valence-corrected chi connectivity index (χ2v) is 7.19. The van der Waals surface area contributed by atoms with Crippen LogP contribution in [0.1, 0.15) is 10.4 Å². The van der Waals surface area contributed by atoms with Gasteiger partial charge in [-0.25, -0.2) is 13.4 Å². The zero-order chi connectivity index (χ0) is 14.0. The Labute approximate surface area is 116 Å². The predicted octanol–water partition coefficient (Wildman–Crippen LogP) is 1.85. The Morgan fingerprint density at radius 2 is 2.16 bits per heavy atom. The summed E-state index contributed by atoms with van der Waals surface area (Å²) in [6.45, 7) is 2.30. The molecule has 0 spiro atoms. The van der Waals surface area contributed by atoms with Gasteiger partial charge in [-0.3, -0.25) is 0 Å². The number of aromatic nitrogens is 1. The molecule has 0 aliphatic heterocycles. The van der Waals surface area contributed by atoms with Crippen LogP contribution in [0.15, 0.2) is 34.7 Å². The summed E-state index contributed by atoms with van der Waals surface area (Å²) in [4.78, 5) is 4.89. The lowest BCUT2D eigenvalue weighted by molar-refractivity contribution is 0.469. The van der Waals surface area contributed by atoms with E-state index in [1.54, 1.807) is 24.5 Å². The molecule has 2 heterocycles. The summed E-state index contributed by atoms with van der Waals surface area (Å²) < 4.78 is 26.1. The molecule has 2 rings (SSSR count). The van der Waals surface area contributed by atoms with Crippen LogP contribution in [0, 0.1) is 6.92 Å². The Hall–Kier alpha value is -1.44. The van der Waals surface area contributed by atoms with Crippen LogP contribution in [-0.2, 0) is 16.6 Å². The molecule has 0 amide bonds. The van der Waals surface area contributed by atoms with Crippen molar-refractivity contribution in [3.8, 4) is 0 Å². The Kier molecular flexibility index (Phi) is 3.88. The molecule has 5 nitrogen and oxygen atoms in total. The average molecular weight is 297 g/mol. The number of hydrogen-bond acceptors (Lipinski definition) is 5. The summed E-state index contributed by atoms with van der Waals surface area (Å²) in [5, 5.41) is 1.95. The number of rotatable bonds is 4. The number of hydrogen-bond donors (Lipinski definition) is 1. The van der Waals surface area contributed by atoms with Crippen molar-refractivity contribution in [2.45, 2.75) is 18.4 Å². The van der Waals surface area contributed by atoms with Gasteiger partial charge in [-0.1, -0.05) is 0 Å². The van der Waals surface area contributed by atoms with E-state index in [1.165, 1.54) is 16.6 Å². The molecule has 0 aliphatic rings. The van der Waals surface area contributed by atoms with Crippen molar-refractivity contribution in [2.75, 3.05) is 12.8 Å². The van der Waals surface area contributed by atoms with Crippen LogP contribution in [-0.4, -0.2) is 24.8 Å². The topological polar surface area (TPSA) is 76.3 Å². The highest BCUT2D eigenvalue weighted by atomic mass is 32.2. The predicted molar refractivity (Wildman–Crippen MR) is 76.4 cm³/mol. The lowest BCUT2D eigenvalue weighted by Crippen LogP contribution is -2.27. The third-order valence-electron chi connectivity index (χ3n) is 2.82. The number of nitrogens with two attached hydrogens (primary N) is 1. The minimum absolute atomic E-state index is 0.0252. The van der Waals surface area contributed by atoms with Gasteiger partial charge in [0.25, 0.3) is 0 Å². The summed E-state index contributed by atoms with van der Waals surface area (Å²) in [7, 11) is -2.07. The largest absolute Gasteiger partial charge is 0.383 e. The minimum Gasteiger partial charge on any atom is -0.383 e. The van der Waals surface area contributed by atoms with E-state index in [1.807, 2.05) is 18.4 Å². The van der Waals surface area contributed by atoms with Crippen LogP contribution in [0.3, 0.4) is 0 Å². The Morgan fingerprint density at radius 1 is 1.42 bits per heavy atom. The second-order valence-electron chi connectivity index (χ2n) is 4.17. The number of anilines is 1. The molecule has 2 aromatic heterocycles. The van der Waals surface area contributed by atoms with Crippen LogP contribution >= 0.6 is 11.3 Å². The van der Waals surface area contributed by atoms with Crippen molar-refractivity contribution in [2.24, 2.45) is 0 Å². The van der Waals surface area contributed by atoms with Gasteiger partial charge in [0, 0.05) is 24.7 Å². The summed E-state index contributed by atoms with van der Waals surface area (Å²) in [6.07, 6.45) is 1.47. The smallest absolute Gasteiger partial charge is 0.246 e. The number of aryl methyl sites for hydroxylation is 1. The number of nitrogen functional groups attached to an aromatic ring is 1. The minimum atomic E-state index is -3.61. The van der Waals surface area contributed by atoms with Crippen molar-refractivity contribution >= 4 is 27.2 Å². The fourth-order valence-corrected chi connectivity index (χ4v) is 3.88. The molecule has 7 heteroatoms. The van der Waals surface area contributed by atoms with Crippen LogP contribution in [0.2, 0.25) is 0 Å². The maximum atomic E-state index is 12.4. The van der Waals surface area contributed by atoms with Crippen molar-refractivity contribution in [1.29, 1.82) is 0 Å². The zero-order valence-corrected chi connectivity index (χ0v) is 12.3. The van der Waals surface area contributed by atoms with Gasteiger partial charge in [-0.15, -0.1) is 11.3 Å². The van der Waals surface area contributed by atoms with Gasteiger partial charge in [0.1, 0.15) is 10.7 Å². The molecule has 0 atom stereocenters. The van der Waals surface area contributed by atoms with Gasteiger partial charge in [0.15, 0.2) is 0 Å². The van der Waals surface area contributed by atoms with Crippen LogP contribution in [0.25, 0.3) is 0 Å². The third kappa shape index (κ3) is 2.78. The molecular formula is C12H15N3O2S2. The van der Waals surface area contributed by atoms with E-state index in [0.29, 0.717) is 6.54 Å². The summed E-state index contributed by atoms with van der Waals surface area (Å²) in [5.41, 5.74) is 6.72. The molecule has 0 saturated heterocycles. The molecule has 0 aliphatic carbocycles. The van der Waals surface area contributed by atoms with Crippen molar-refractivity contribution < 1.29 is 8.42 Å². The van der Waals surface area contributed by atoms with Gasteiger partial charge < -0.3 is 5.73 Å². The standard InChI is InChI=1S/C12H15N3O2S2/c1-9-5-7-18-10(9)8-15(2)19(16,17)11-4-3-6-14-12(11)13/h3-7H,8H2,1-2H3,(H2,13,14). The molecule has 0 saturated carbocycles. The highest BCUT2D eigenvalue weighted by Gasteiger charge is 2.24. The van der Waals surface area contributed by atoms with Crippen LogP contribution < -0.4 is 5.73 Å². The monoisotopic (exact) mass is 297 g/mol. The van der Waals surface area contributed by atoms with Crippen molar-refractivity contribution in [1.82, 2.24) is 9.29 Å². The molecule has 19 heavy (non-hydrogen) atoms. The van der Waals surface area contributed by atoms with E-state index < -0.39 is 10.0 Å². The van der Waals surface area contributed by atoms with Crippen LogP contribution in [0.5, 0.6) is 0 Å². The van der Waals surface area contributed by atoms with E-state index in [-0.39, 0.29) is 10.7 Å². The number of nitrogens with zero attached hydrogens (tertiary/aromatic N) is 2. The fourth-order valence-electron chi connectivity index (χ4n) is 1.64. The van der Waals surface area contributed by atoms with Gasteiger partial charge in [0.2, 0.25) is 10.0 Å². The number of pyridine rings is 1. The first-order valence-corrected chi connectivity index (χ1v) is 7.94. The first kappa shape index (κ1) is 14.0. The molecule has 2 N–H and O–H groups in total. The Morgan fingerprint density at radius 3 is 2.74 bits per heavy atom. The van der Waals surface area contributed by atoms with Gasteiger partial charge in [0.05, 0.1) is 0 Å². The third-order valence-corrected chi connectivity index (χ3v) is 5.68. The summed E-state index contributed by atoms with van der Waals surface area (Å²) in [6, 6.07) is 5.00. The number of sulfonamides is 1. The van der Waals surface area contributed by atoms with E-state index in [0.717, 1.165) is 10.4 Å². The van der Waals surface area contributed by atoms with Crippen LogP contribution in [0.4, 0.5) is 5.82 Å². The van der Waals surface area contributed by atoms with Gasteiger partial charge in [-0.2, -0.15) is 4.31 Å². The summed E-state index contributed by atoms with van der Waals surface area (Å²) in [5.74, 6) is 0.0252. The molecule has 0 fully saturated rings. The fraction of sp³-hybridized carbons (Fsp3) is 0.250. The van der Waals surface area contributed by atoms with Gasteiger partial charge >= 0.3 is 0 Å². The van der Waals surface area contributed by atoms with E-state index in [4.69, 9.17) is 5.73 Å². The Balaban J connectivity index is 2.30. The molecular weight excluding hydrogens is 282 g/mol. The number of thiophene rings is 1. The zero-order valence-electron chi connectivity index (χ0n) is 10.7. The van der Waals surface area contributed by atoms with Crippen molar-refractivity contribution in [3.63, 3.8) is 0 Å². The molecule has 0 radical (unpaired) electrons. The maximum Gasteiger partial charge on any atom is 0.246 e. The highest BCUT2D eigenvalue weighted by molar-refractivity contribution is 7.89. The average Bonchev–Trinajstić information content (AvgIpc) is 2.75. The quantitative estimate of drug-likeness (QED) is 0.934. The first-order valence-electron chi connectivity index (χ1n) is 5.62. The lowest BCUT2D eigenvalue weighted by atomic mass is 10.3. The SMILES string of the molecule is Cc1ccsc1CN(C)S(=O)(=O)c1cccnc1N.